The molecule has 108 valence electrons. The molecule has 1 unspecified atom stereocenters. The molecule has 5 nitrogen and oxygen atoms in total. The maximum atomic E-state index is 11.8. The Balaban J connectivity index is 1.97. The second kappa shape index (κ2) is 6.32. The number of amides is 1. The van der Waals surface area contributed by atoms with Crippen molar-refractivity contribution in [1.29, 1.82) is 0 Å². The number of benzene rings is 1. The van der Waals surface area contributed by atoms with E-state index >= 15 is 0 Å². The minimum Gasteiger partial charge on any atom is -0.399 e. The molecule has 0 radical (unpaired) electrons. The van der Waals surface area contributed by atoms with Crippen LogP contribution in [0.5, 0.6) is 0 Å². The van der Waals surface area contributed by atoms with E-state index in [1.54, 1.807) is 6.07 Å². The normalized spacial score (nSPS) is 12.8. The van der Waals surface area contributed by atoms with Gasteiger partial charge in [-0.2, -0.15) is 0 Å². The Labute approximate surface area is 124 Å². The Morgan fingerprint density at radius 1 is 1.50 bits per heavy atom. The molecule has 2 aromatic rings. The van der Waals surface area contributed by atoms with E-state index in [4.69, 9.17) is 5.73 Å². The van der Waals surface area contributed by atoms with E-state index in [1.807, 2.05) is 26.0 Å². The van der Waals surface area contributed by atoms with Crippen molar-refractivity contribution < 1.29 is 9.00 Å². The Bertz CT molecular complexity index is 652. The first-order valence-electron chi connectivity index (χ1n) is 6.29. The van der Waals surface area contributed by atoms with Gasteiger partial charge < -0.3 is 11.1 Å². The topological polar surface area (TPSA) is 85.1 Å². The average molecular weight is 311 g/mol. The van der Waals surface area contributed by atoms with Crippen LogP contribution in [0.2, 0.25) is 0 Å². The van der Waals surface area contributed by atoms with E-state index in [9.17, 15) is 9.00 Å². The molecule has 0 fully saturated rings. The van der Waals surface area contributed by atoms with E-state index < -0.39 is 10.8 Å². The summed E-state index contributed by atoms with van der Waals surface area (Å²) in [6, 6.07) is 5.43. The van der Waals surface area contributed by atoms with Gasteiger partial charge in [-0.05, 0) is 18.2 Å². The van der Waals surface area contributed by atoms with Gasteiger partial charge in [0.1, 0.15) is 0 Å². The molecular formula is C13H17N3O2S2. The molecule has 7 heteroatoms. The number of fused-ring (bicyclic) bond motifs is 1. The van der Waals surface area contributed by atoms with Crippen LogP contribution in [0, 0.1) is 0 Å². The highest BCUT2D eigenvalue weighted by atomic mass is 32.2. The fourth-order valence-corrected chi connectivity index (χ4v) is 3.39. The molecule has 0 saturated carbocycles. The lowest BCUT2D eigenvalue weighted by molar-refractivity contribution is -0.115. The van der Waals surface area contributed by atoms with Crippen LogP contribution in [-0.2, 0) is 15.6 Å². The molecule has 0 aliphatic carbocycles. The third kappa shape index (κ3) is 3.77. The second-order valence-electron chi connectivity index (χ2n) is 4.68. The lowest BCUT2D eigenvalue weighted by Gasteiger charge is -2.04. The molecule has 1 amide bonds. The summed E-state index contributed by atoms with van der Waals surface area (Å²) in [6.45, 7) is 3.76. The summed E-state index contributed by atoms with van der Waals surface area (Å²) < 4.78 is 12.5. The standard InChI is InChI=1S/C13H17N3O2S2/c1-8(2)20(18)6-5-12(17)16-13-15-10-4-3-9(14)7-11(10)19-13/h3-4,7-8H,5-6,14H2,1-2H3,(H,15,16,17). The summed E-state index contributed by atoms with van der Waals surface area (Å²) in [5.41, 5.74) is 7.18. The van der Waals surface area contributed by atoms with Crippen molar-refractivity contribution in [2.45, 2.75) is 25.5 Å². The lowest BCUT2D eigenvalue weighted by atomic mass is 10.3. The van der Waals surface area contributed by atoms with Crippen molar-refractivity contribution in [3.05, 3.63) is 18.2 Å². The summed E-state index contributed by atoms with van der Waals surface area (Å²) in [5, 5.41) is 3.36. The average Bonchev–Trinajstić information content (AvgIpc) is 2.76. The Morgan fingerprint density at radius 2 is 2.25 bits per heavy atom. The third-order valence-corrected chi connectivity index (χ3v) is 5.31. The quantitative estimate of drug-likeness (QED) is 0.830. The number of carbonyl (C=O) groups excluding carboxylic acids is 1. The van der Waals surface area contributed by atoms with Crippen molar-refractivity contribution in [3.8, 4) is 0 Å². The van der Waals surface area contributed by atoms with Gasteiger partial charge in [0.25, 0.3) is 0 Å². The zero-order valence-electron chi connectivity index (χ0n) is 11.4. The van der Waals surface area contributed by atoms with Crippen LogP contribution in [-0.4, -0.2) is 26.1 Å². The minimum absolute atomic E-state index is 0.0771. The van der Waals surface area contributed by atoms with Crippen molar-refractivity contribution in [1.82, 2.24) is 4.98 Å². The molecule has 0 bridgehead atoms. The number of nitrogens with one attached hydrogen (secondary N) is 1. The van der Waals surface area contributed by atoms with Crippen LogP contribution < -0.4 is 11.1 Å². The molecule has 0 aliphatic heterocycles. The Kier molecular flexibility index (Phi) is 4.72. The predicted octanol–water partition coefficient (Wildman–Crippen LogP) is 2.36. The molecule has 0 saturated heterocycles. The first kappa shape index (κ1) is 14.9. The number of hydrogen-bond acceptors (Lipinski definition) is 5. The van der Waals surface area contributed by atoms with Crippen molar-refractivity contribution in [3.63, 3.8) is 0 Å². The smallest absolute Gasteiger partial charge is 0.227 e. The maximum Gasteiger partial charge on any atom is 0.227 e. The lowest BCUT2D eigenvalue weighted by Crippen LogP contribution is -2.17. The molecule has 2 rings (SSSR count). The zero-order chi connectivity index (χ0) is 14.7. The summed E-state index contributed by atoms with van der Waals surface area (Å²) in [7, 11) is -0.963. The van der Waals surface area contributed by atoms with Crippen LogP contribution in [0.3, 0.4) is 0 Å². The first-order chi connectivity index (χ1) is 9.45. The van der Waals surface area contributed by atoms with Crippen molar-refractivity contribution >= 4 is 49.1 Å². The summed E-state index contributed by atoms with van der Waals surface area (Å²) >= 11 is 1.38. The van der Waals surface area contributed by atoms with Crippen LogP contribution >= 0.6 is 11.3 Å². The van der Waals surface area contributed by atoms with Crippen LogP contribution in [0.15, 0.2) is 18.2 Å². The maximum absolute atomic E-state index is 11.8. The molecule has 1 aromatic carbocycles. The molecule has 0 aliphatic rings. The number of nitrogens with zero attached hydrogens (tertiary/aromatic N) is 1. The minimum atomic E-state index is -0.963. The molecular weight excluding hydrogens is 294 g/mol. The summed E-state index contributed by atoms with van der Waals surface area (Å²) in [4.78, 5) is 16.1. The largest absolute Gasteiger partial charge is 0.399 e. The van der Waals surface area contributed by atoms with Crippen LogP contribution in [0.4, 0.5) is 10.8 Å². The zero-order valence-corrected chi connectivity index (χ0v) is 13.0. The Hall–Kier alpha value is -1.47. The molecule has 1 heterocycles. The number of nitrogens with two attached hydrogens (primary N) is 1. The van der Waals surface area contributed by atoms with Gasteiger partial charge in [-0.15, -0.1) is 0 Å². The van der Waals surface area contributed by atoms with Gasteiger partial charge in [-0.25, -0.2) is 4.98 Å². The van der Waals surface area contributed by atoms with Crippen LogP contribution in [0.1, 0.15) is 20.3 Å². The fourth-order valence-electron chi connectivity index (χ4n) is 1.61. The fraction of sp³-hybridized carbons (Fsp3) is 0.385. The van der Waals surface area contributed by atoms with Crippen molar-refractivity contribution in [2.75, 3.05) is 16.8 Å². The second-order valence-corrected chi connectivity index (χ2v) is 7.82. The van der Waals surface area contributed by atoms with E-state index in [0.717, 1.165) is 10.2 Å². The van der Waals surface area contributed by atoms with E-state index in [0.29, 0.717) is 16.6 Å². The molecule has 3 N–H and O–H groups in total. The molecule has 20 heavy (non-hydrogen) atoms. The highest BCUT2D eigenvalue weighted by Crippen LogP contribution is 2.27. The number of rotatable bonds is 5. The van der Waals surface area contributed by atoms with E-state index in [2.05, 4.69) is 10.3 Å². The number of carbonyl (C=O) groups is 1. The van der Waals surface area contributed by atoms with E-state index in [1.165, 1.54) is 11.3 Å². The van der Waals surface area contributed by atoms with E-state index in [-0.39, 0.29) is 17.6 Å². The SMILES string of the molecule is CC(C)S(=O)CCC(=O)Nc1nc2ccc(N)cc2s1. The molecule has 1 aromatic heterocycles. The highest BCUT2D eigenvalue weighted by Gasteiger charge is 2.11. The molecule has 0 spiro atoms. The van der Waals surface area contributed by atoms with Gasteiger partial charge in [0.05, 0.1) is 10.2 Å². The van der Waals surface area contributed by atoms with Gasteiger partial charge in [0, 0.05) is 33.9 Å². The predicted molar refractivity (Wildman–Crippen MR) is 85.4 cm³/mol. The number of nitrogen functional groups attached to an aromatic ring is 1. The first-order valence-corrected chi connectivity index (χ1v) is 8.48. The van der Waals surface area contributed by atoms with Gasteiger partial charge in [0.15, 0.2) is 5.13 Å². The van der Waals surface area contributed by atoms with Crippen LogP contribution in [0.25, 0.3) is 10.2 Å². The number of thiazole rings is 1. The summed E-state index contributed by atoms with van der Waals surface area (Å²) in [6.07, 6.45) is 0.239. The third-order valence-electron chi connectivity index (χ3n) is 2.71. The molecule has 1 atom stereocenters. The van der Waals surface area contributed by atoms with Gasteiger partial charge in [-0.1, -0.05) is 25.2 Å². The number of aromatic nitrogens is 1. The summed E-state index contributed by atoms with van der Waals surface area (Å²) in [5.74, 6) is 0.215. The highest BCUT2D eigenvalue weighted by molar-refractivity contribution is 7.85. The monoisotopic (exact) mass is 311 g/mol. The van der Waals surface area contributed by atoms with Gasteiger partial charge in [0.2, 0.25) is 5.91 Å². The number of hydrogen-bond donors (Lipinski definition) is 2. The Morgan fingerprint density at radius 3 is 2.95 bits per heavy atom. The van der Waals surface area contributed by atoms with Crippen molar-refractivity contribution in [2.24, 2.45) is 0 Å². The van der Waals surface area contributed by atoms with Gasteiger partial charge >= 0.3 is 0 Å². The van der Waals surface area contributed by atoms with Gasteiger partial charge in [-0.3, -0.25) is 9.00 Å². The number of anilines is 2.